The summed E-state index contributed by atoms with van der Waals surface area (Å²) in [6.07, 6.45) is 7.80. The van der Waals surface area contributed by atoms with Gasteiger partial charge >= 0.3 is 16.0 Å². The van der Waals surface area contributed by atoms with Gasteiger partial charge in [-0.2, -0.15) is 0 Å². The summed E-state index contributed by atoms with van der Waals surface area (Å²) in [5.41, 5.74) is 0. The minimum atomic E-state index is 0.0417. The van der Waals surface area contributed by atoms with Crippen LogP contribution in [0.15, 0.2) is 0 Å². The lowest BCUT2D eigenvalue weighted by atomic mass is 9.52. The molecular weight excluding hydrogens is 316 g/mol. The van der Waals surface area contributed by atoms with E-state index in [-0.39, 0.29) is 16.0 Å². The Morgan fingerprint density at radius 1 is 0.929 bits per heavy atom. The second kappa shape index (κ2) is 5.37. The Labute approximate surface area is 109 Å². The highest BCUT2D eigenvalue weighted by atomic mass is 79.9. The van der Waals surface area contributed by atoms with Crippen LogP contribution in [0, 0.1) is 29.6 Å². The van der Waals surface area contributed by atoms with Crippen LogP contribution in [0.1, 0.15) is 39.0 Å². The molecule has 4 rings (SSSR count). The SMILES string of the molecule is C[C]1C2CC3CC(C2)CC1C3.[Br][Mg][Br]. The Morgan fingerprint density at radius 3 is 1.64 bits per heavy atom. The van der Waals surface area contributed by atoms with Crippen LogP contribution in [0.5, 0.6) is 0 Å². The topological polar surface area (TPSA) is 0 Å². The second-order valence-corrected chi connectivity index (χ2v) is 13.2. The predicted molar refractivity (Wildman–Crippen MR) is 69.6 cm³/mol. The lowest BCUT2D eigenvalue weighted by Gasteiger charge is -2.53. The molecule has 1 radical (unpaired) electrons. The van der Waals surface area contributed by atoms with Gasteiger partial charge in [-0.3, -0.25) is 25.8 Å². The largest absolute Gasteiger partial charge is 0.560 e. The molecule has 4 aliphatic rings. The summed E-state index contributed by atoms with van der Waals surface area (Å²) < 4.78 is 0. The van der Waals surface area contributed by atoms with Crippen molar-refractivity contribution in [2.45, 2.75) is 39.0 Å². The van der Waals surface area contributed by atoms with Crippen LogP contribution in [0.2, 0.25) is 0 Å². The van der Waals surface area contributed by atoms with Gasteiger partial charge in [-0.1, -0.05) is 6.92 Å². The van der Waals surface area contributed by atoms with Gasteiger partial charge in [-0.15, -0.1) is 0 Å². The lowest BCUT2D eigenvalue weighted by Crippen LogP contribution is -2.42. The van der Waals surface area contributed by atoms with E-state index in [2.05, 4.69) is 32.7 Å². The van der Waals surface area contributed by atoms with Gasteiger partial charge in [-0.25, -0.2) is 0 Å². The van der Waals surface area contributed by atoms with Gasteiger partial charge < -0.3 is 0 Å². The van der Waals surface area contributed by atoms with Crippen LogP contribution < -0.4 is 0 Å². The van der Waals surface area contributed by atoms with Gasteiger partial charge in [0, 0.05) is 0 Å². The maximum absolute atomic E-state index is 3.20. The molecule has 0 saturated heterocycles. The molecule has 4 aliphatic carbocycles. The molecule has 3 heteroatoms. The number of hydrogen-bond acceptors (Lipinski definition) is 0. The van der Waals surface area contributed by atoms with Crippen LogP contribution in [0.3, 0.4) is 0 Å². The van der Waals surface area contributed by atoms with Crippen LogP contribution in [-0.2, 0) is 0 Å². The second-order valence-electron chi connectivity index (χ2n) is 5.15. The molecule has 0 spiro atoms. The minimum absolute atomic E-state index is 0.0417. The fraction of sp³-hybridized carbons (Fsp3) is 0.909. The molecule has 4 bridgehead atoms. The maximum Gasteiger partial charge on any atom is 0.560 e. The van der Waals surface area contributed by atoms with Crippen molar-refractivity contribution in [2.75, 3.05) is 0 Å². The Kier molecular flexibility index (Phi) is 4.68. The zero-order valence-corrected chi connectivity index (χ0v) is 13.4. The van der Waals surface area contributed by atoms with Crippen LogP contribution >= 0.6 is 25.8 Å². The molecule has 77 valence electrons. The van der Waals surface area contributed by atoms with Crippen molar-refractivity contribution in [3.63, 3.8) is 0 Å². The van der Waals surface area contributed by atoms with E-state index in [1.807, 2.05) is 5.92 Å². The normalized spacial score (nSPS) is 44.2. The van der Waals surface area contributed by atoms with Crippen LogP contribution in [-0.4, -0.2) is 16.0 Å². The van der Waals surface area contributed by atoms with Crippen molar-refractivity contribution in [1.82, 2.24) is 0 Å². The third-order valence-corrected chi connectivity index (χ3v) is 4.43. The summed E-state index contributed by atoms with van der Waals surface area (Å²) in [7, 11) is 0. The van der Waals surface area contributed by atoms with E-state index < -0.39 is 0 Å². The molecule has 0 aromatic rings. The van der Waals surface area contributed by atoms with E-state index in [1.165, 1.54) is 0 Å². The maximum atomic E-state index is 3.20. The molecule has 0 heterocycles. The van der Waals surface area contributed by atoms with Gasteiger partial charge in [0.2, 0.25) is 0 Å². The van der Waals surface area contributed by atoms with Gasteiger partial charge in [0.25, 0.3) is 0 Å². The molecule has 4 saturated carbocycles. The molecule has 14 heavy (non-hydrogen) atoms. The highest BCUT2D eigenvalue weighted by Gasteiger charge is 2.46. The van der Waals surface area contributed by atoms with Crippen LogP contribution in [0.4, 0.5) is 0 Å². The summed E-state index contributed by atoms with van der Waals surface area (Å²) >= 11 is 6.44. The third-order valence-electron chi connectivity index (χ3n) is 4.43. The molecular formula is C11H17Br2Mg. The first-order valence-corrected chi connectivity index (χ1v) is 13.5. The Morgan fingerprint density at radius 2 is 1.29 bits per heavy atom. The zero-order valence-electron chi connectivity index (χ0n) is 8.81. The molecule has 0 unspecified atom stereocenters. The van der Waals surface area contributed by atoms with Gasteiger partial charge in [0.15, 0.2) is 0 Å². The minimum Gasteiger partial charge on any atom is -0.280 e. The quantitative estimate of drug-likeness (QED) is 0.578. The average Bonchev–Trinajstić information content (AvgIpc) is 2.14. The first-order chi connectivity index (χ1) is 6.74. The smallest absolute Gasteiger partial charge is 0.280 e. The van der Waals surface area contributed by atoms with E-state index in [9.17, 15) is 0 Å². The van der Waals surface area contributed by atoms with Crippen LogP contribution in [0.25, 0.3) is 0 Å². The summed E-state index contributed by atoms with van der Waals surface area (Å²) in [5.74, 6) is 6.28. The van der Waals surface area contributed by atoms with Crippen molar-refractivity contribution in [1.29, 1.82) is 0 Å². The number of halogens is 2. The van der Waals surface area contributed by atoms with Gasteiger partial charge in [0.1, 0.15) is 0 Å². The summed E-state index contributed by atoms with van der Waals surface area (Å²) in [5, 5.41) is 0. The fourth-order valence-corrected chi connectivity index (χ4v) is 3.93. The summed E-state index contributed by atoms with van der Waals surface area (Å²) in [6, 6.07) is 0. The number of hydrogen-bond donors (Lipinski definition) is 0. The number of rotatable bonds is 0. The van der Waals surface area contributed by atoms with Crippen molar-refractivity contribution >= 4 is 41.8 Å². The van der Waals surface area contributed by atoms with Crippen molar-refractivity contribution in [3.05, 3.63) is 5.92 Å². The van der Waals surface area contributed by atoms with Gasteiger partial charge in [0.05, 0.1) is 0 Å². The lowest BCUT2D eigenvalue weighted by molar-refractivity contribution is 0.0435. The zero-order chi connectivity index (χ0) is 10.1. The van der Waals surface area contributed by atoms with E-state index in [0.717, 1.165) is 23.7 Å². The van der Waals surface area contributed by atoms with E-state index >= 15 is 0 Å². The fourth-order valence-electron chi connectivity index (χ4n) is 3.93. The molecule has 0 nitrogen and oxygen atoms in total. The molecule has 0 atom stereocenters. The Balaban J connectivity index is 0.000000226. The highest BCUT2D eigenvalue weighted by molar-refractivity contribution is 9.47. The molecule has 0 aliphatic heterocycles. The van der Waals surface area contributed by atoms with Crippen molar-refractivity contribution in [3.8, 4) is 0 Å². The van der Waals surface area contributed by atoms with E-state index in [4.69, 9.17) is 0 Å². The highest BCUT2D eigenvalue weighted by Crippen LogP contribution is 2.57. The average molecular weight is 333 g/mol. The molecule has 0 N–H and O–H groups in total. The summed E-state index contributed by atoms with van der Waals surface area (Å²) in [6.45, 7) is 2.42. The molecule has 4 fully saturated rings. The Bertz CT molecular complexity index is 168. The molecule has 0 aromatic heterocycles. The summed E-state index contributed by atoms with van der Waals surface area (Å²) in [4.78, 5) is 0. The van der Waals surface area contributed by atoms with Crippen molar-refractivity contribution in [2.24, 2.45) is 23.7 Å². The third kappa shape index (κ3) is 2.52. The Hall–Kier alpha value is 1.73. The van der Waals surface area contributed by atoms with Gasteiger partial charge in [-0.05, 0) is 61.7 Å². The monoisotopic (exact) mass is 331 g/mol. The predicted octanol–water partition coefficient (Wildman–Crippen LogP) is 4.35. The van der Waals surface area contributed by atoms with Crippen molar-refractivity contribution < 1.29 is 0 Å². The standard InChI is InChI=1S/C11H17.2BrH.Mg/c1-7-10-3-8-2-9(5-10)6-11(7)4-8;;;/h8-11H,2-6H2,1H3;2*1H;/q;;;+2/p-2. The molecule has 0 aromatic carbocycles. The first-order valence-electron chi connectivity index (χ1n) is 5.69. The van der Waals surface area contributed by atoms with E-state index in [1.54, 1.807) is 32.1 Å². The van der Waals surface area contributed by atoms with E-state index in [0.29, 0.717) is 0 Å². The first kappa shape index (κ1) is 12.2. The molecule has 0 amide bonds.